The molecule has 6 heteroatoms. The van der Waals surface area contributed by atoms with Gasteiger partial charge in [0.15, 0.2) is 0 Å². The highest BCUT2D eigenvalue weighted by Crippen LogP contribution is 2.33. The first-order chi connectivity index (χ1) is 12.7. The van der Waals surface area contributed by atoms with Crippen LogP contribution < -0.4 is 4.74 Å². The Morgan fingerprint density at radius 1 is 1.31 bits per heavy atom. The molecule has 3 heterocycles. The molecular weight excluding hydrogens is 346 g/mol. The van der Waals surface area contributed by atoms with Crippen LogP contribution in [0.3, 0.4) is 0 Å². The summed E-state index contributed by atoms with van der Waals surface area (Å²) in [5.74, 6) is 0.711. The van der Waals surface area contributed by atoms with Crippen molar-refractivity contribution in [2.24, 2.45) is 0 Å². The molecule has 0 amide bonds. The van der Waals surface area contributed by atoms with E-state index >= 15 is 0 Å². The van der Waals surface area contributed by atoms with Gasteiger partial charge in [0, 0.05) is 43.4 Å². The fourth-order valence-corrected chi connectivity index (χ4v) is 4.26. The predicted molar refractivity (Wildman–Crippen MR) is 102 cm³/mol. The minimum Gasteiger partial charge on any atom is -0.475 e. The Morgan fingerprint density at radius 2 is 2.19 bits per heavy atom. The van der Waals surface area contributed by atoms with Crippen molar-refractivity contribution >= 4 is 11.3 Å². The number of ether oxygens (including phenoxy) is 2. The van der Waals surface area contributed by atoms with E-state index in [-0.39, 0.29) is 12.2 Å². The van der Waals surface area contributed by atoms with E-state index in [1.807, 2.05) is 20.0 Å². The van der Waals surface area contributed by atoms with Crippen LogP contribution in [0.5, 0.6) is 5.88 Å². The third-order valence-corrected chi connectivity index (χ3v) is 5.73. The van der Waals surface area contributed by atoms with E-state index in [4.69, 9.17) is 14.5 Å². The van der Waals surface area contributed by atoms with Crippen LogP contribution in [-0.4, -0.2) is 33.6 Å². The molecular formula is C20H27N3O2S. The lowest BCUT2D eigenvalue weighted by Crippen LogP contribution is -2.25. The van der Waals surface area contributed by atoms with Crippen LogP contribution in [-0.2, 0) is 17.8 Å². The second kappa shape index (κ2) is 8.03. The maximum atomic E-state index is 5.77. The maximum absolute atomic E-state index is 5.77. The average Bonchev–Trinajstić information content (AvgIpc) is 3.11. The summed E-state index contributed by atoms with van der Waals surface area (Å²) in [6.45, 7) is 6.74. The first-order valence-corrected chi connectivity index (χ1v) is 10.5. The molecule has 2 aliphatic rings. The Bertz CT molecular complexity index is 723. The van der Waals surface area contributed by atoms with Crippen molar-refractivity contribution in [3.63, 3.8) is 0 Å². The minimum atomic E-state index is 0.142. The first kappa shape index (κ1) is 17.9. The maximum Gasteiger partial charge on any atom is 0.213 e. The van der Waals surface area contributed by atoms with Gasteiger partial charge in [-0.25, -0.2) is 9.97 Å². The molecule has 1 aliphatic heterocycles. The highest BCUT2D eigenvalue weighted by Gasteiger charge is 2.30. The van der Waals surface area contributed by atoms with E-state index in [0.717, 1.165) is 37.5 Å². The molecule has 2 fully saturated rings. The lowest BCUT2D eigenvalue weighted by atomic mass is 10.2. The Labute approximate surface area is 159 Å². The number of aromatic nitrogens is 2. The smallest absolute Gasteiger partial charge is 0.213 e. The largest absolute Gasteiger partial charge is 0.475 e. The number of hydrogen-bond acceptors (Lipinski definition) is 6. The van der Waals surface area contributed by atoms with E-state index in [1.54, 1.807) is 11.3 Å². The van der Waals surface area contributed by atoms with Gasteiger partial charge < -0.3 is 9.47 Å². The Balaban J connectivity index is 1.42. The fourth-order valence-electron chi connectivity index (χ4n) is 3.37. The third kappa shape index (κ3) is 4.61. The highest BCUT2D eigenvalue weighted by molar-refractivity contribution is 7.09. The summed E-state index contributed by atoms with van der Waals surface area (Å²) < 4.78 is 11.5. The van der Waals surface area contributed by atoms with Crippen LogP contribution in [0.1, 0.15) is 61.9 Å². The molecule has 0 aromatic carbocycles. The molecule has 0 spiro atoms. The van der Waals surface area contributed by atoms with Gasteiger partial charge in [0.1, 0.15) is 11.1 Å². The van der Waals surface area contributed by atoms with Gasteiger partial charge in [-0.2, -0.15) is 0 Å². The van der Waals surface area contributed by atoms with Gasteiger partial charge in [-0.1, -0.05) is 0 Å². The SMILES string of the molecule is CC(C)Oc1cc(CN(Cc2csc([C@@H]3CCCO3)n2)C2CC2)ccn1. The molecule has 5 nitrogen and oxygen atoms in total. The lowest BCUT2D eigenvalue weighted by molar-refractivity contribution is 0.111. The minimum absolute atomic E-state index is 0.142. The van der Waals surface area contributed by atoms with Gasteiger partial charge in [0.2, 0.25) is 5.88 Å². The fraction of sp³-hybridized carbons (Fsp3) is 0.600. The zero-order chi connectivity index (χ0) is 17.9. The molecule has 2 aromatic heterocycles. The molecule has 140 valence electrons. The van der Waals surface area contributed by atoms with Gasteiger partial charge in [0.05, 0.1) is 11.8 Å². The van der Waals surface area contributed by atoms with Crippen LogP contribution in [0.25, 0.3) is 0 Å². The van der Waals surface area contributed by atoms with Crippen molar-refractivity contribution in [1.82, 2.24) is 14.9 Å². The van der Waals surface area contributed by atoms with Crippen molar-refractivity contribution in [2.45, 2.75) is 70.9 Å². The van der Waals surface area contributed by atoms with Crippen molar-refractivity contribution < 1.29 is 9.47 Å². The van der Waals surface area contributed by atoms with Crippen LogP contribution >= 0.6 is 11.3 Å². The van der Waals surface area contributed by atoms with E-state index < -0.39 is 0 Å². The standard InChI is InChI=1S/C20H27N3O2S/c1-14(2)25-19-10-15(7-8-21-19)11-23(17-5-6-17)12-16-13-26-20(22-16)18-4-3-9-24-18/h7-8,10,13-14,17-18H,3-6,9,11-12H2,1-2H3/t18-/m0/s1. The zero-order valence-electron chi connectivity index (χ0n) is 15.6. The summed E-state index contributed by atoms with van der Waals surface area (Å²) in [5, 5.41) is 3.34. The van der Waals surface area contributed by atoms with Crippen molar-refractivity contribution in [1.29, 1.82) is 0 Å². The Kier molecular flexibility index (Phi) is 5.52. The molecule has 2 aromatic rings. The summed E-state index contributed by atoms with van der Waals surface area (Å²) in [5.41, 5.74) is 2.41. The summed E-state index contributed by atoms with van der Waals surface area (Å²) in [7, 11) is 0. The molecule has 1 atom stereocenters. The van der Waals surface area contributed by atoms with E-state index in [1.165, 1.54) is 24.1 Å². The topological polar surface area (TPSA) is 47.5 Å². The molecule has 0 bridgehead atoms. The number of hydrogen-bond donors (Lipinski definition) is 0. The van der Waals surface area contributed by atoms with Gasteiger partial charge >= 0.3 is 0 Å². The summed E-state index contributed by atoms with van der Waals surface area (Å²) >= 11 is 1.74. The third-order valence-electron chi connectivity index (χ3n) is 4.74. The van der Waals surface area contributed by atoms with Crippen LogP contribution in [0.2, 0.25) is 0 Å². The lowest BCUT2D eigenvalue weighted by Gasteiger charge is -2.21. The highest BCUT2D eigenvalue weighted by atomic mass is 32.1. The van der Waals surface area contributed by atoms with Gasteiger partial charge in [-0.05, 0) is 51.2 Å². The van der Waals surface area contributed by atoms with Crippen LogP contribution in [0, 0.1) is 0 Å². The zero-order valence-corrected chi connectivity index (χ0v) is 16.4. The average molecular weight is 374 g/mol. The molecule has 4 rings (SSSR count). The van der Waals surface area contributed by atoms with E-state index in [9.17, 15) is 0 Å². The normalized spacial score (nSPS) is 20.2. The van der Waals surface area contributed by atoms with Crippen molar-refractivity contribution in [2.75, 3.05) is 6.61 Å². The van der Waals surface area contributed by atoms with E-state index in [0.29, 0.717) is 11.9 Å². The Morgan fingerprint density at radius 3 is 2.92 bits per heavy atom. The monoisotopic (exact) mass is 373 g/mol. The summed E-state index contributed by atoms with van der Waals surface area (Å²) in [4.78, 5) is 11.7. The predicted octanol–water partition coefficient (Wildman–Crippen LogP) is 4.34. The van der Waals surface area contributed by atoms with Crippen molar-refractivity contribution in [3.05, 3.63) is 40.0 Å². The quantitative estimate of drug-likeness (QED) is 0.689. The molecule has 26 heavy (non-hydrogen) atoms. The molecule has 0 unspecified atom stereocenters. The second-order valence-electron chi connectivity index (χ2n) is 7.48. The van der Waals surface area contributed by atoms with Gasteiger partial charge in [-0.3, -0.25) is 4.90 Å². The molecule has 1 saturated heterocycles. The molecule has 1 aliphatic carbocycles. The van der Waals surface area contributed by atoms with Crippen LogP contribution in [0.4, 0.5) is 0 Å². The van der Waals surface area contributed by atoms with E-state index in [2.05, 4.69) is 27.4 Å². The molecule has 0 N–H and O–H groups in total. The second-order valence-corrected chi connectivity index (χ2v) is 8.37. The van der Waals surface area contributed by atoms with Gasteiger partial charge in [0.25, 0.3) is 0 Å². The number of pyridine rings is 1. The molecule has 0 radical (unpaired) electrons. The Hall–Kier alpha value is -1.50. The van der Waals surface area contributed by atoms with Gasteiger partial charge in [-0.15, -0.1) is 11.3 Å². The summed E-state index contributed by atoms with van der Waals surface area (Å²) in [6, 6.07) is 4.82. The summed E-state index contributed by atoms with van der Waals surface area (Å²) in [6.07, 6.45) is 7.02. The number of thiazole rings is 1. The van der Waals surface area contributed by atoms with Crippen molar-refractivity contribution in [3.8, 4) is 5.88 Å². The van der Waals surface area contributed by atoms with Crippen LogP contribution in [0.15, 0.2) is 23.7 Å². The first-order valence-electron chi connectivity index (χ1n) is 9.59. The molecule has 1 saturated carbocycles. The number of rotatable bonds is 8. The number of nitrogens with zero attached hydrogens (tertiary/aromatic N) is 3.